The lowest BCUT2D eigenvalue weighted by molar-refractivity contribution is 0.0930. The summed E-state index contributed by atoms with van der Waals surface area (Å²) in [5, 5.41) is 5.18. The summed E-state index contributed by atoms with van der Waals surface area (Å²) in [5.41, 5.74) is 0.595. The van der Waals surface area contributed by atoms with E-state index in [1.807, 2.05) is 25.3 Å². The van der Waals surface area contributed by atoms with Crippen molar-refractivity contribution in [3.63, 3.8) is 0 Å². The maximum absolute atomic E-state index is 12.6. The number of halogens is 1. The molecule has 0 aliphatic carbocycles. The van der Waals surface area contributed by atoms with Crippen molar-refractivity contribution in [2.75, 3.05) is 0 Å². The fraction of sp³-hybridized carbons (Fsp3) is 0.438. The van der Waals surface area contributed by atoms with Gasteiger partial charge in [0.2, 0.25) is 0 Å². The molecular formula is C16H20BrNO2S. The SMILES string of the molecule is Cc1oc(C)c(C(=O)NC(CC(C)C)c2cccs2)c1Br. The van der Waals surface area contributed by atoms with Gasteiger partial charge in [0.05, 0.1) is 16.1 Å². The molecule has 5 heteroatoms. The van der Waals surface area contributed by atoms with Crippen molar-refractivity contribution < 1.29 is 9.21 Å². The number of aryl methyl sites for hydroxylation is 2. The molecule has 1 unspecified atom stereocenters. The summed E-state index contributed by atoms with van der Waals surface area (Å²) in [7, 11) is 0. The van der Waals surface area contributed by atoms with Crippen molar-refractivity contribution in [3.8, 4) is 0 Å². The zero-order chi connectivity index (χ0) is 15.6. The zero-order valence-electron chi connectivity index (χ0n) is 12.7. The van der Waals surface area contributed by atoms with Crippen LogP contribution in [0.2, 0.25) is 0 Å². The highest BCUT2D eigenvalue weighted by molar-refractivity contribution is 9.10. The average Bonchev–Trinajstić information content (AvgIpc) is 2.98. The fourth-order valence-corrected chi connectivity index (χ4v) is 3.68. The summed E-state index contributed by atoms with van der Waals surface area (Å²) in [6, 6.07) is 4.13. The van der Waals surface area contributed by atoms with Gasteiger partial charge < -0.3 is 9.73 Å². The fourth-order valence-electron chi connectivity index (χ4n) is 2.35. The Balaban J connectivity index is 2.22. The molecule has 1 N–H and O–H groups in total. The van der Waals surface area contributed by atoms with E-state index in [-0.39, 0.29) is 11.9 Å². The Labute approximate surface area is 137 Å². The lowest BCUT2D eigenvalue weighted by Crippen LogP contribution is -2.29. The van der Waals surface area contributed by atoms with E-state index in [1.165, 1.54) is 4.88 Å². The molecule has 0 saturated heterocycles. The van der Waals surface area contributed by atoms with E-state index in [4.69, 9.17) is 4.42 Å². The standard InChI is InChI=1S/C16H20BrNO2S/c1-9(2)8-12(13-6-5-7-21-13)18-16(19)14-10(3)20-11(4)15(14)17/h5-7,9,12H,8H2,1-4H3,(H,18,19). The minimum absolute atomic E-state index is 0.0407. The van der Waals surface area contributed by atoms with Gasteiger partial charge in [0.15, 0.2) is 0 Å². The maximum atomic E-state index is 12.6. The van der Waals surface area contributed by atoms with Gasteiger partial charge in [-0.1, -0.05) is 19.9 Å². The first-order valence-corrected chi connectivity index (χ1v) is 8.67. The molecule has 0 radical (unpaired) electrons. The number of hydrogen-bond donors (Lipinski definition) is 1. The van der Waals surface area contributed by atoms with Gasteiger partial charge in [-0.05, 0) is 53.6 Å². The minimum Gasteiger partial charge on any atom is -0.465 e. The number of thiophene rings is 1. The maximum Gasteiger partial charge on any atom is 0.256 e. The third kappa shape index (κ3) is 3.77. The topological polar surface area (TPSA) is 42.2 Å². The molecular weight excluding hydrogens is 350 g/mol. The van der Waals surface area contributed by atoms with E-state index in [0.717, 1.165) is 16.7 Å². The molecule has 0 aliphatic rings. The van der Waals surface area contributed by atoms with Crippen LogP contribution < -0.4 is 5.32 Å². The van der Waals surface area contributed by atoms with Gasteiger partial charge in [-0.3, -0.25) is 4.79 Å². The molecule has 2 aromatic heterocycles. The summed E-state index contributed by atoms with van der Waals surface area (Å²) in [5.74, 6) is 1.80. The highest BCUT2D eigenvalue weighted by Gasteiger charge is 2.23. The first-order chi connectivity index (χ1) is 9.90. The first kappa shape index (κ1) is 16.3. The van der Waals surface area contributed by atoms with Gasteiger partial charge >= 0.3 is 0 Å². The van der Waals surface area contributed by atoms with Gasteiger partial charge in [-0.15, -0.1) is 11.3 Å². The summed E-state index contributed by atoms with van der Waals surface area (Å²) in [6.07, 6.45) is 0.916. The molecule has 0 fully saturated rings. The van der Waals surface area contributed by atoms with E-state index >= 15 is 0 Å². The molecule has 2 aromatic rings. The lowest BCUT2D eigenvalue weighted by atomic mass is 10.0. The van der Waals surface area contributed by atoms with Crippen LogP contribution in [0.1, 0.15) is 53.1 Å². The number of rotatable bonds is 5. The highest BCUT2D eigenvalue weighted by Crippen LogP contribution is 2.30. The van der Waals surface area contributed by atoms with Crippen LogP contribution in [0.4, 0.5) is 0 Å². The third-order valence-corrected chi connectivity index (χ3v) is 5.25. The molecule has 0 aliphatic heterocycles. The lowest BCUT2D eigenvalue weighted by Gasteiger charge is -2.19. The highest BCUT2D eigenvalue weighted by atomic mass is 79.9. The first-order valence-electron chi connectivity index (χ1n) is 7.00. The molecule has 114 valence electrons. The van der Waals surface area contributed by atoms with Crippen molar-refractivity contribution in [2.24, 2.45) is 5.92 Å². The Kier molecular flexibility index (Phi) is 5.27. The monoisotopic (exact) mass is 369 g/mol. The molecule has 0 spiro atoms. The molecule has 1 atom stereocenters. The number of hydrogen-bond acceptors (Lipinski definition) is 3. The predicted molar refractivity (Wildman–Crippen MR) is 89.9 cm³/mol. The number of furan rings is 1. The molecule has 21 heavy (non-hydrogen) atoms. The smallest absolute Gasteiger partial charge is 0.256 e. The second kappa shape index (κ2) is 6.79. The molecule has 2 rings (SSSR count). The largest absolute Gasteiger partial charge is 0.465 e. The Bertz CT molecular complexity index is 617. The Morgan fingerprint density at radius 3 is 2.57 bits per heavy atom. The number of amides is 1. The van der Waals surface area contributed by atoms with Crippen LogP contribution in [0.3, 0.4) is 0 Å². The Hall–Kier alpha value is -1.07. The predicted octanol–water partition coefficient (Wildman–Crippen LogP) is 5.24. The third-order valence-electron chi connectivity index (χ3n) is 3.31. The average molecular weight is 370 g/mol. The van der Waals surface area contributed by atoms with Crippen LogP contribution in [0.5, 0.6) is 0 Å². The quantitative estimate of drug-likeness (QED) is 0.782. The van der Waals surface area contributed by atoms with E-state index in [9.17, 15) is 4.79 Å². The molecule has 2 heterocycles. The van der Waals surface area contributed by atoms with E-state index < -0.39 is 0 Å². The molecule has 0 aromatic carbocycles. The van der Waals surface area contributed by atoms with Crippen molar-refractivity contribution >= 4 is 33.2 Å². The second-order valence-electron chi connectivity index (χ2n) is 5.57. The van der Waals surface area contributed by atoms with Crippen molar-refractivity contribution in [2.45, 2.75) is 40.2 Å². The van der Waals surface area contributed by atoms with E-state index in [1.54, 1.807) is 11.3 Å². The van der Waals surface area contributed by atoms with Crippen LogP contribution in [-0.4, -0.2) is 5.91 Å². The Morgan fingerprint density at radius 1 is 1.38 bits per heavy atom. The van der Waals surface area contributed by atoms with Crippen molar-refractivity contribution in [1.82, 2.24) is 5.32 Å². The molecule has 0 bridgehead atoms. The van der Waals surface area contributed by atoms with Gasteiger partial charge in [-0.25, -0.2) is 0 Å². The van der Waals surface area contributed by atoms with Crippen molar-refractivity contribution in [3.05, 3.63) is 43.9 Å². The second-order valence-corrected chi connectivity index (χ2v) is 7.35. The summed E-state index contributed by atoms with van der Waals surface area (Å²) < 4.78 is 6.26. The van der Waals surface area contributed by atoms with Gasteiger partial charge in [0.25, 0.3) is 5.91 Å². The van der Waals surface area contributed by atoms with E-state index in [0.29, 0.717) is 17.2 Å². The van der Waals surface area contributed by atoms with Crippen LogP contribution in [0, 0.1) is 19.8 Å². The van der Waals surface area contributed by atoms with E-state index in [2.05, 4.69) is 41.2 Å². The normalized spacial score (nSPS) is 12.7. The van der Waals surface area contributed by atoms with Crippen molar-refractivity contribution in [1.29, 1.82) is 0 Å². The molecule has 0 saturated carbocycles. The number of carbonyl (C=O) groups excluding carboxylic acids is 1. The summed E-state index contributed by atoms with van der Waals surface area (Å²) in [4.78, 5) is 13.8. The zero-order valence-corrected chi connectivity index (χ0v) is 15.1. The summed E-state index contributed by atoms with van der Waals surface area (Å²) >= 11 is 5.11. The summed E-state index contributed by atoms with van der Waals surface area (Å²) in [6.45, 7) is 7.99. The van der Waals surface area contributed by atoms with Crippen LogP contribution in [0.25, 0.3) is 0 Å². The van der Waals surface area contributed by atoms with Gasteiger partial charge in [0, 0.05) is 4.88 Å². The van der Waals surface area contributed by atoms with Gasteiger partial charge in [-0.2, -0.15) is 0 Å². The van der Waals surface area contributed by atoms with Crippen LogP contribution in [0.15, 0.2) is 26.4 Å². The minimum atomic E-state index is -0.0877. The van der Waals surface area contributed by atoms with Crippen LogP contribution >= 0.6 is 27.3 Å². The number of nitrogens with one attached hydrogen (secondary N) is 1. The molecule has 1 amide bonds. The molecule has 3 nitrogen and oxygen atoms in total. The Morgan fingerprint density at radius 2 is 2.10 bits per heavy atom. The van der Waals surface area contributed by atoms with Crippen LogP contribution in [-0.2, 0) is 0 Å². The van der Waals surface area contributed by atoms with Gasteiger partial charge in [0.1, 0.15) is 11.5 Å². The number of carbonyl (C=O) groups is 1.